The summed E-state index contributed by atoms with van der Waals surface area (Å²) in [6.45, 7) is 2.63. The second-order valence-electron chi connectivity index (χ2n) is 4.47. The van der Waals surface area contributed by atoms with Gasteiger partial charge in [-0.05, 0) is 41.1 Å². The van der Waals surface area contributed by atoms with Crippen LogP contribution in [0.5, 0.6) is 0 Å². The van der Waals surface area contributed by atoms with Gasteiger partial charge < -0.3 is 9.47 Å². The normalized spacial score (nSPS) is 10.4. The zero-order chi connectivity index (χ0) is 15.6. The fourth-order valence-corrected chi connectivity index (χ4v) is 2.47. The molecule has 1 aromatic heterocycles. The number of nitrogens with zero attached hydrogens (tertiary/aromatic N) is 3. The predicted molar refractivity (Wildman–Crippen MR) is 83.6 cm³/mol. The Balaban J connectivity index is 2.28. The van der Waals surface area contributed by atoms with Crippen molar-refractivity contribution in [1.29, 1.82) is 0 Å². The van der Waals surface area contributed by atoms with E-state index in [1.54, 1.807) is 25.2 Å². The molecule has 1 amide bonds. The van der Waals surface area contributed by atoms with Gasteiger partial charge in [0, 0.05) is 42.1 Å². The van der Waals surface area contributed by atoms with Crippen molar-refractivity contribution in [1.82, 2.24) is 4.57 Å². The van der Waals surface area contributed by atoms with Crippen molar-refractivity contribution in [3.63, 3.8) is 0 Å². The van der Waals surface area contributed by atoms with E-state index < -0.39 is 4.92 Å². The summed E-state index contributed by atoms with van der Waals surface area (Å²) in [7, 11) is 1.64. The molecule has 0 saturated heterocycles. The first-order valence-electron chi connectivity index (χ1n) is 6.32. The molecule has 0 spiro atoms. The van der Waals surface area contributed by atoms with E-state index >= 15 is 0 Å². The van der Waals surface area contributed by atoms with Gasteiger partial charge in [0.25, 0.3) is 11.6 Å². The molecule has 2 aromatic rings. The fourth-order valence-electron chi connectivity index (χ4n) is 2.00. The molecule has 0 aliphatic heterocycles. The number of benzene rings is 1. The molecule has 2 rings (SSSR count). The summed E-state index contributed by atoms with van der Waals surface area (Å²) in [5, 5.41) is 10.6. The number of halogens is 1. The smallest absolute Gasteiger partial charge is 0.274 e. The highest BCUT2D eigenvalue weighted by atomic mass is 79.9. The summed E-state index contributed by atoms with van der Waals surface area (Å²) in [6.07, 6.45) is 1.84. The Morgan fingerprint density at radius 1 is 1.38 bits per heavy atom. The van der Waals surface area contributed by atoms with E-state index in [2.05, 4.69) is 15.9 Å². The van der Waals surface area contributed by atoms with E-state index in [0.29, 0.717) is 17.9 Å². The minimum Gasteiger partial charge on any atom is -0.343 e. The van der Waals surface area contributed by atoms with Crippen LogP contribution in [-0.2, 0) is 6.54 Å². The summed E-state index contributed by atoms with van der Waals surface area (Å²) in [4.78, 5) is 24.2. The van der Waals surface area contributed by atoms with E-state index in [0.717, 1.165) is 4.47 Å². The van der Waals surface area contributed by atoms with E-state index in [4.69, 9.17) is 0 Å². The molecule has 7 heteroatoms. The molecule has 1 heterocycles. The Morgan fingerprint density at radius 3 is 2.52 bits per heavy atom. The van der Waals surface area contributed by atoms with E-state index in [1.807, 2.05) is 17.7 Å². The molecule has 0 bridgehead atoms. The number of nitro benzene ring substituents is 1. The van der Waals surface area contributed by atoms with Gasteiger partial charge in [0.05, 0.1) is 4.92 Å². The van der Waals surface area contributed by atoms with Crippen LogP contribution >= 0.6 is 15.9 Å². The van der Waals surface area contributed by atoms with Gasteiger partial charge in [0.2, 0.25) is 0 Å². The van der Waals surface area contributed by atoms with Gasteiger partial charge in [-0.2, -0.15) is 0 Å². The van der Waals surface area contributed by atoms with Gasteiger partial charge in [-0.25, -0.2) is 0 Å². The third-order valence-electron chi connectivity index (χ3n) is 3.18. The molecule has 0 fully saturated rings. The third-order valence-corrected chi connectivity index (χ3v) is 3.61. The number of amides is 1. The van der Waals surface area contributed by atoms with Gasteiger partial charge in [-0.15, -0.1) is 0 Å². The average molecular weight is 352 g/mol. The zero-order valence-electron chi connectivity index (χ0n) is 11.6. The number of aryl methyl sites for hydroxylation is 1. The van der Waals surface area contributed by atoms with E-state index in [9.17, 15) is 14.9 Å². The lowest BCUT2D eigenvalue weighted by Crippen LogP contribution is -2.28. The first-order chi connectivity index (χ1) is 9.93. The van der Waals surface area contributed by atoms with Crippen molar-refractivity contribution in [2.24, 2.45) is 0 Å². The highest BCUT2D eigenvalue weighted by Crippen LogP contribution is 2.22. The number of carbonyl (C=O) groups excluding carboxylic acids is 1. The molecule has 0 unspecified atom stereocenters. The second kappa shape index (κ2) is 6.09. The van der Waals surface area contributed by atoms with Gasteiger partial charge in [0.15, 0.2) is 0 Å². The quantitative estimate of drug-likeness (QED) is 0.625. The lowest BCUT2D eigenvalue weighted by molar-refractivity contribution is -0.384. The molecule has 0 atom stereocenters. The zero-order valence-corrected chi connectivity index (χ0v) is 13.2. The number of hydrogen-bond acceptors (Lipinski definition) is 3. The first-order valence-corrected chi connectivity index (χ1v) is 7.11. The van der Waals surface area contributed by atoms with Crippen LogP contribution in [0.4, 0.5) is 11.4 Å². The summed E-state index contributed by atoms with van der Waals surface area (Å²) in [5.74, 6) is -0.170. The highest BCUT2D eigenvalue weighted by Gasteiger charge is 2.18. The summed E-state index contributed by atoms with van der Waals surface area (Å²) in [5.41, 5.74) is 1.16. The average Bonchev–Trinajstić information content (AvgIpc) is 2.86. The van der Waals surface area contributed by atoms with Crippen LogP contribution in [0, 0.1) is 10.1 Å². The van der Waals surface area contributed by atoms with Gasteiger partial charge in [-0.3, -0.25) is 14.9 Å². The second-order valence-corrected chi connectivity index (χ2v) is 5.38. The molecule has 6 nitrogen and oxygen atoms in total. The molecule has 110 valence electrons. The Hall–Kier alpha value is -2.15. The maximum atomic E-state index is 12.5. The van der Waals surface area contributed by atoms with Gasteiger partial charge in [0.1, 0.15) is 5.69 Å². The van der Waals surface area contributed by atoms with E-state index in [-0.39, 0.29) is 11.6 Å². The van der Waals surface area contributed by atoms with Crippen LogP contribution in [0.2, 0.25) is 0 Å². The molecule has 0 aliphatic carbocycles. The Morgan fingerprint density at radius 2 is 2.00 bits per heavy atom. The number of hydrogen-bond donors (Lipinski definition) is 0. The van der Waals surface area contributed by atoms with Crippen molar-refractivity contribution in [3.8, 4) is 0 Å². The first kappa shape index (κ1) is 15.2. The van der Waals surface area contributed by atoms with E-state index in [1.165, 1.54) is 17.0 Å². The number of aromatic nitrogens is 1. The van der Waals surface area contributed by atoms with Crippen molar-refractivity contribution < 1.29 is 9.72 Å². The highest BCUT2D eigenvalue weighted by molar-refractivity contribution is 9.10. The number of non-ortho nitro benzene ring substituents is 1. The number of nitro groups is 1. The standard InChI is InChI=1S/C14H14BrN3O3/c1-3-17-9-10(15)8-13(17)14(19)16(2)11-4-6-12(7-5-11)18(20)21/h4-9H,3H2,1-2H3. The molecule has 0 saturated carbocycles. The predicted octanol–water partition coefficient (Wildman–Crippen LogP) is 3.46. The molecule has 0 aliphatic rings. The van der Waals surface area contributed by atoms with Crippen LogP contribution in [0.3, 0.4) is 0 Å². The van der Waals surface area contributed by atoms with Crippen LogP contribution < -0.4 is 4.90 Å². The SMILES string of the molecule is CCn1cc(Br)cc1C(=O)N(C)c1ccc([N+](=O)[O-])cc1. The molecule has 21 heavy (non-hydrogen) atoms. The lowest BCUT2D eigenvalue weighted by atomic mass is 10.2. The van der Waals surface area contributed by atoms with Crippen LogP contribution in [0.15, 0.2) is 41.0 Å². The van der Waals surface area contributed by atoms with Crippen molar-refractivity contribution in [2.75, 3.05) is 11.9 Å². The number of carbonyl (C=O) groups is 1. The maximum Gasteiger partial charge on any atom is 0.274 e. The van der Waals surface area contributed by atoms with Crippen LogP contribution in [-0.4, -0.2) is 22.4 Å². The maximum absolute atomic E-state index is 12.5. The van der Waals surface area contributed by atoms with Crippen molar-refractivity contribution in [2.45, 2.75) is 13.5 Å². The number of anilines is 1. The Labute approximate surface area is 130 Å². The van der Waals surface area contributed by atoms with Gasteiger partial charge >= 0.3 is 0 Å². The Bertz CT molecular complexity index is 679. The van der Waals surface area contributed by atoms with Crippen LogP contribution in [0.1, 0.15) is 17.4 Å². The third kappa shape index (κ3) is 3.13. The monoisotopic (exact) mass is 351 g/mol. The van der Waals surface area contributed by atoms with Gasteiger partial charge in [-0.1, -0.05) is 0 Å². The lowest BCUT2D eigenvalue weighted by Gasteiger charge is -2.18. The molecular formula is C14H14BrN3O3. The van der Waals surface area contributed by atoms with Crippen molar-refractivity contribution >= 4 is 33.2 Å². The summed E-state index contributed by atoms with van der Waals surface area (Å²) in [6, 6.07) is 7.64. The summed E-state index contributed by atoms with van der Waals surface area (Å²) < 4.78 is 2.68. The van der Waals surface area contributed by atoms with Crippen molar-refractivity contribution in [3.05, 3.63) is 56.8 Å². The molecule has 0 radical (unpaired) electrons. The minimum absolute atomic E-state index is 0.000670. The summed E-state index contributed by atoms with van der Waals surface area (Å²) >= 11 is 3.36. The van der Waals surface area contributed by atoms with Crippen LogP contribution in [0.25, 0.3) is 0 Å². The Kier molecular flexibility index (Phi) is 4.42. The fraction of sp³-hybridized carbons (Fsp3) is 0.214. The number of rotatable bonds is 4. The molecular weight excluding hydrogens is 338 g/mol. The minimum atomic E-state index is -0.467. The topological polar surface area (TPSA) is 68.4 Å². The molecule has 1 aromatic carbocycles. The largest absolute Gasteiger partial charge is 0.343 e. The molecule has 0 N–H and O–H groups in total.